The zero-order chi connectivity index (χ0) is 12.6. The summed E-state index contributed by atoms with van der Waals surface area (Å²) < 4.78 is 19.4. The summed E-state index contributed by atoms with van der Waals surface area (Å²) >= 11 is 0. The predicted octanol–water partition coefficient (Wildman–Crippen LogP) is 3.73. The first kappa shape index (κ1) is 12.0. The summed E-state index contributed by atoms with van der Waals surface area (Å²) in [6.07, 6.45) is 6.81. The largest absolute Gasteiger partial charge is 0.487 e. The van der Waals surface area contributed by atoms with Crippen LogP contribution in [-0.4, -0.2) is 10.7 Å². The minimum atomic E-state index is -0.521. The van der Waals surface area contributed by atoms with Crippen molar-refractivity contribution in [2.24, 2.45) is 0 Å². The number of fused-ring (bicyclic) bond motifs is 1. The van der Waals surface area contributed by atoms with Gasteiger partial charge in [0.05, 0.1) is 6.10 Å². The number of ether oxygens (including phenoxy) is 1. The Hall–Kier alpha value is -1.09. The van der Waals surface area contributed by atoms with Crippen LogP contribution in [-0.2, 0) is 0 Å². The summed E-state index contributed by atoms with van der Waals surface area (Å²) in [4.78, 5) is 0. The summed E-state index contributed by atoms with van der Waals surface area (Å²) in [5.41, 5.74) is 0.461. The molecule has 2 nitrogen and oxygen atoms in total. The molecule has 1 fully saturated rings. The van der Waals surface area contributed by atoms with Gasteiger partial charge in [-0.15, -0.1) is 0 Å². The van der Waals surface area contributed by atoms with Crippen molar-refractivity contribution in [2.45, 2.75) is 56.7 Å². The molecule has 1 aromatic rings. The molecule has 0 bridgehead atoms. The van der Waals surface area contributed by atoms with Gasteiger partial charge in [0.25, 0.3) is 0 Å². The lowest BCUT2D eigenvalue weighted by Crippen LogP contribution is -2.40. The fraction of sp³-hybridized carbons (Fsp3) is 0.600. The smallest absolute Gasteiger partial charge is 0.128 e. The molecule has 1 saturated carbocycles. The van der Waals surface area contributed by atoms with E-state index >= 15 is 0 Å². The Labute approximate surface area is 107 Å². The molecule has 1 unspecified atom stereocenters. The van der Waals surface area contributed by atoms with Gasteiger partial charge in [-0.1, -0.05) is 12.8 Å². The second-order valence-corrected chi connectivity index (χ2v) is 5.60. The number of halogens is 1. The van der Waals surface area contributed by atoms with Gasteiger partial charge >= 0.3 is 0 Å². The summed E-state index contributed by atoms with van der Waals surface area (Å²) in [6, 6.07) is 4.43. The normalized spacial score (nSPS) is 26.2. The van der Waals surface area contributed by atoms with Crippen LogP contribution in [0.25, 0.3) is 0 Å². The van der Waals surface area contributed by atoms with Gasteiger partial charge in [-0.25, -0.2) is 4.39 Å². The molecule has 0 radical (unpaired) electrons. The molecule has 18 heavy (non-hydrogen) atoms. The first-order valence-electron chi connectivity index (χ1n) is 6.85. The molecule has 2 aliphatic rings. The molecule has 1 heterocycles. The molecule has 0 amide bonds. The fourth-order valence-corrected chi connectivity index (χ4v) is 3.29. The number of hydrogen-bond acceptors (Lipinski definition) is 2. The monoisotopic (exact) mass is 250 g/mol. The Morgan fingerprint density at radius 3 is 2.61 bits per heavy atom. The highest BCUT2D eigenvalue weighted by atomic mass is 19.1. The molecular weight excluding hydrogens is 231 g/mol. The number of aliphatic hydroxyl groups excluding tert-OH is 1. The van der Waals surface area contributed by atoms with Gasteiger partial charge in [0.15, 0.2) is 0 Å². The third kappa shape index (κ3) is 2.12. The quantitative estimate of drug-likeness (QED) is 0.760. The van der Waals surface area contributed by atoms with E-state index in [0.717, 1.165) is 31.2 Å². The molecule has 1 atom stereocenters. The molecule has 3 heteroatoms. The Bertz CT molecular complexity index is 436. The standard InChI is InChI=1S/C15H19FO2/c16-11-5-6-12-13(17)10-15(18-14(12)9-11)7-3-1-2-4-8-15/h5-6,9,13,17H,1-4,7-8,10H2. The van der Waals surface area contributed by atoms with Crippen LogP contribution in [0.15, 0.2) is 18.2 Å². The Morgan fingerprint density at radius 2 is 1.89 bits per heavy atom. The lowest BCUT2D eigenvalue weighted by molar-refractivity contribution is -0.0247. The molecule has 98 valence electrons. The van der Waals surface area contributed by atoms with Crippen molar-refractivity contribution in [3.63, 3.8) is 0 Å². The van der Waals surface area contributed by atoms with Gasteiger partial charge in [0.1, 0.15) is 17.2 Å². The minimum Gasteiger partial charge on any atom is -0.487 e. The summed E-state index contributed by atoms with van der Waals surface area (Å²) in [7, 11) is 0. The van der Waals surface area contributed by atoms with Crippen molar-refractivity contribution < 1.29 is 14.2 Å². The maximum Gasteiger partial charge on any atom is 0.128 e. The Kier molecular flexibility index (Phi) is 3.02. The van der Waals surface area contributed by atoms with Crippen molar-refractivity contribution in [3.8, 4) is 5.75 Å². The average Bonchev–Trinajstić information content (AvgIpc) is 2.54. The van der Waals surface area contributed by atoms with E-state index in [4.69, 9.17) is 4.74 Å². The highest BCUT2D eigenvalue weighted by molar-refractivity contribution is 5.38. The van der Waals surface area contributed by atoms with Crippen molar-refractivity contribution in [2.75, 3.05) is 0 Å². The first-order chi connectivity index (χ1) is 8.69. The number of benzene rings is 1. The maximum atomic E-state index is 13.3. The molecule has 1 aromatic carbocycles. The van der Waals surface area contributed by atoms with E-state index in [1.807, 2.05) is 0 Å². The van der Waals surface area contributed by atoms with Gasteiger partial charge in [-0.05, 0) is 37.8 Å². The summed E-state index contributed by atoms with van der Waals surface area (Å²) in [6.45, 7) is 0. The van der Waals surface area contributed by atoms with Gasteiger partial charge in [-0.2, -0.15) is 0 Å². The van der Waals surface area contributed by atoms with Gasteiger partial charge in [0.2, 0.25) is 0 Å². The molecule has 1 aliphatic heterocycles. The lowest BCUT2D eigenvalue weighted by Gasteiger charge is -2.40. The highest BCUT2D eigenvalue weighted by Crippen LogP contribution is 2.45. The molecule has 3 rings (SSSR count). The van der Waals surface area contributed by atoms with Crippen molar-refractivity contribution in [3.05, 3.63) is 29.6 Å². The van der Waals surface area contributed by atoms with E-state index < -0.39 is 6.10 Å². The molecule has 1 aliphatic carbocycles. The third-order valence-corrected chi connectivity index (χ3v) is 4.24. The van der Waals surface area contributed by atoms with E-state index in [1.165, 1.54) is 25.0 Å². The zero-order valence-electron chi connectivity index (χ0n) is 10.5. The van der Waals surface area contributed by atoms with Gasteiger partial charge in [0, 0.05) is 18.1 Å². The Morgan fingerprint density at radius 1 is 1.17 bits per heavy atom. The van der Waals surface area contributed by atoms with E-state index in [1.54, 1.807) is 6.07 Å². The fourth-order valence-electron chi connectivity index (χ4n) is 3.29. The maximum absolute atomic E-state index is 13.3. The molecule has 1 spiro atoms. The van der Waals surface area contributed by atoms with Crippen LogP contribution in [0.5, 0.6) is 5.75 Å². The molecule has 0 saturated heterocycles. The van der Waals surface area contributed by atoms with E-state index in [-0.39, 0.29) is 11.4 Å². The predicted molar refractivity (Wildman–Crippen MR) is 67.0 cm³/mol. The van der Waals surface area contributed by atoms with Crippen LogP contribution in [0.3, 0.4) is 0 Å². The molecular formula is C15H19FO2. The summed E-state index contributed by atoms with van der Waals surface area (Å²) in [5.74, 6) is 0.238. The van der Waals surface area contributed by atoms with Crippen LogP contribution in [0, 0.1) is 5.82 Å². The van der Waals surface area contributed by atoms with Crippen molar-refractivity contribution in [1.82, 2.24) is 0 Å². The number of hydrogen-bond donors (Lipinski definition) is 1. The average molecular weight is 250 g/mol. The van der Waals surface area contributed by atoms with E-state index in [9.17, 15) is 9.50 Å². The van der Waals surface area contributed by atoms with Crippen molar-refractivity contribution >= 4 is 0 Å². The SMILES string of the molecule is OC1CC2(CCCCCC2)Oc2cc(F)ccc21. The van der Waals surface area contributed by atoms with Crippen LogP contribution < -0.4 is 4.74 Å². The van der Waals surface area contributed by atoms with Crippen molar-refractivity contribution in [1.29, 1.82) is 0 Å². The van der Waals surface area contributed by atoms with Crippen LogP contribution in [0.2, 0.25) is 0 Å². The number of aliphatic hydroxyl groups is 1. The second kappa shape index (κ2) is 4.54. The topological polar surface area (TPSA) is 29.5 Å². The van der Waals surface area contributed by atoms with Crippen LogP contribution in [0.1, 0.15) is 56.6 Å². The highest BCUT2D eigenvalue weighted by Gasteiger charge is 2.40. The lowest BCUT2D eigenvalue weighted by atomic mass is 9.83. The summed E-state index contributed by atoms with van der Waals surface area (Å²) in [5, 5.41) is 10.3. The van der Waals surface area contributed by atoms with Gasteiger partial charge in [-0.3, -0.25) is 0 Å². The third-order valence-electron chi connectivity index (χ3n) is 4.24. The molecule has 1 N–H and O–H groups in total. The van der Waals surface area contributed by atoms with E-state index in [2.05, 4.69) is 0 Å². The van der Waals surface area contributed by atoms with Crippen LogP contribution >= 0.6 is 0 Å². The van der Waals surface area contributed by atoms with E-state index in [0.29, 0.717) is 12.2 Å². The molecule has 0 aromatic heterocycles. The zero-order valence-corrected chi connectivity index (χ0v) is 10.5. The van der Waals surface area contributed by atoms with Gasteiger partial charge < -0.3 is 9.84 Å². The van der Waals surface area contributed by atoms with Crippen LogP contribution in [0.4, 0.5) is 4.39 Å². The first-order valence-corrected chi connectivity index (χ1v) is 6.85. The minimum absolute atomic E-state index is 0.267. The Balaban J connectivity index is 1.93. The number of rotatable bonds is 0. The second-order valence-electron chi connectivity index (χ2n) is 5.60.